The number of nitrogens with zero attached hydrogens (tertiary/aromatic N) is 2. The van der Waals surface area contributed by atoms with Crippen molar-refractivity contribution in [2.75, 3.05) is 14.2 Å². The van der Waals surface area contributed by atoms with Crippen LogP contribution in [-0.2, 0) is 0 Å². The number of fused-ring (bicyclic) bond motifs is 3. The van der Waals surface area contributed by atoms with Gasteiger partial charge >= 0.3 is 0 Å². The zero-order valence-corrected chi connectivity index (χ0v) is 17.7. The van der Waals surface area contributed by atoms with E-state index in [0.717, 1.165) is 22.2 Å². The third kappa shape index (κ3) is 3.10. The molecule has 2 unspecified atom stereocenters. The Hall–Kier alpha value is -3.11. The first-order valence-corrected chi connectivity index (χ1v) is 9.75. The van der Waals surface area contributed by atoms with Crippen molar-refractivity contribution in [3.63, 3.8) is 0 Å². The van der Waals surface area contributed by atoms with E-state index in [0.29, 0.717) is 27.2 Å². The summed E-state index contributed by atoms with van der Waals surface area (Å²) in [6.45, 7) is 1.91. The van der Waals surface area contributed by atoms with Gasteiger partial charge in [0.15, 0.2) is 17.2 Å². The summed E-state index contributed by atoms with van der Waals surface area (Å²) < 4.78 is 17.4. The van der Waals surface area contributed by atoms with Crippen LogP contribution in [0, 0.1) is 29.6 Å². The smallest absolute Gasteiger partial charge is 0.205 e. The second-order valence-corrected chi connectivity index (χ2v) is 7.65. The summed E-state index contributed by atoms with van der Waals surface area (Å²) in [6.07, 6.45) is 0. The molecule has 2 aromatic carbocycles. The number of aromatic nitrogens is 1. The number of nitrogens with one attached hydrogen (secondary N) is 1. The summed E-state index contributed by atoms with van der Waals surface area (Å²) in [6, 6.07) is 13.8. The van der Waals surface area contributed by atoms with Crippen LogP contribution in [0.3, 0.4) is 0 Å². The molecule has 1 aliphatic heterocycles. The predicted molar refractivity (Wildman–Crippen MR) is 113 cm³/mol. The first-order valence-electron chi connectivity index (χ1n) is 8.96. The fourth-order valence-corrected chi connectivity index (χ4v) is 4.38. The number of halogens is 1. The van der Waals surface area contributed by atoms with Gasteiger partial charge in [-0.1, -0.05) is 18.2 Å². The summed E-state index contributed by atoms with van der Waals surface area (Å²) in [7, 11) is 3.13. The fraction of sp³-hybridized carbons (Fsp3) is 0.227. The Morgan fingerprint density at radius 2 is 1.93 bits per heavy atom. The summed E-state index contributed by atoms with van der Waals surface area (Å²) in [5.41, 5.74) is 3.18. The van der Waals surface area contributed by atoms with E-state index in [-0.39, 0.29) is 5.90 Å². The lowest BCUT2D eigenvalue weighted by Crippen LogP contribution is -2.31. The first-order chi connectivity index (χ1) is 14.0. The number of rotatable bonds is 3. The van der Waals surface area contributed by atoms with Gasteiger partial charge in [-0.3, -0.25) is 5.41 Å². The zero-order valence-electron chi connectivity index (χ0n) is 16.1. The summed E-state index contributed by atoms with van der Waals surface area (Å²) in [5, 5.41) is 19.1. The number of nitriles is 1. The Labute approximate surface area is 176 Å². The van der Waals surface area contributed by atoms with Gasteiger partial charge in [0.05, 0.1) is 24.8 Å². The van der Waals surface area contributed by atoms with Crippen LogP contribution in [0.5, 0.6) is 17.2 Å². The molecule has 1 aromatic heterocycles. The van der Waals surface area contributed by atoms with E-state index < -0.39 is 11.8 Å². The standard InChI is InChI=1S/C22H18BrN3O3/c1-11-4-5-12-6-7-14-18(13-8-16(23)21(28-3)17(9-13)27-2)15(10-24)22(25)29-20(14)19(12)26-11/h4-9,15,18,25H,1-3H3. The molecule has 0 aliphatic carbocycles. The summed E-state index contributed by atoms with van der Waals surface area (Å²) in [5.74, 6) is 0.380. The highest BCUT2D eigenvalue weighted by atomic mass is 79.9. The molecule has 7 heteroatoms. The minimum atomic E-state index is -0.769. The molecule has 0 spiro atoms. The van der Waals surface area contributed by atoms with Crippen molar-refractivity contribution in [2.24, 2.45) is 5.92 Å². The molecule has 146 valence electrons. The van der Waals surface area contributed by atoms with Crippen LogP contribution < -0.4 is 14.2 Å². The van der Waals surface area contributed by atoms with E-state index in [1.54, 1.807) is 14.2 Å². The highest BCUT2D eigenvalue weighted by molar-refractivity contribution is 9.10. The maximum atomic E-state index is 9.82. The zero-order chi connectivity index (χ0) is 20.7. The van der Waals surface area contributed by atoms with Crippen LogP contribution in [0.4, 0.5) is 0 Å². The lowest BCUT2D eigenvalue weighted by molar-refractivity contribution is 0.352. The number of hydrogen-bond donors (Lipinski definition) is 1. The SMILES string of the molecule is COc1cc(C2c3ccc4ccc(C)nc4c3OC(=N)C2C#N)cc(Br)c1OC. The predicted octanol–water partition coefficient (Wildman–Crippen LogP) is 4.96. The molecular formula is C22H18BrN3O3. The molecule has 0 radical (unpaired) electrons. The molecule has 6 nitrogen and oxygen atoms in total. The van der Waals surface area contributed by atoms with Gasteiger partial charge in [-0.05, 0) is 46.6 Å². The molecule has 0 amide bonds. The average Bonchev–Trinajstić information content (AvgIpc) is 2.72. The molecule has 2 heterocycles. The van der Waals surface area contributed by atoms with Gasteiger partial charge in [0.1, 0.15) is 11.4 Å². The molecule has 0 saturated heterocycles. The van der Waals surface area contributed by atoms with E-state index in [4.69, 9.17) is 19.6 Å². The topological polar surface area (TPSA) is 88.2 Å². The maximum Gasteiger partial charge on any atom is 0.205 e. The Bertz CT molecular complexity index is 1190. The van der Waals surface area contributed by atoms with Crippen molar-refractivity contribution >= 4 is 32.7 Å². The second-order valence-electron chi connectivity index (χ2n) is 6.80. The van der Waals surface area contributed by atoms with Crippen LogP contribution >= 0.6 is 15.9 Å². The molecule has 2 atom stereocenters. The largest absolute Gasteiger partial charge is 0.493 e. The highest BCUT2D eigenvalue weighted by Crippen LogP contribution is 2.47. The van der Waals surface area contributed by atoms with Gasteiger partial charge in [-0.15, -0.1) is 0 Å². The normalized spacial score (nSPS) is 18.0. The van der Waals surface area contributed by atoms with Crippen molar-refractivity contribution in [1.29, 1.82) is 10.7 Å². The molecule has 3 aromatic rings. The molecular weight excluding hydrogens is 434 g/mol. The van der Waals surface area contributed by atoms with Crippen molar-refractivity contribution in [1.82, 2.24) is 4.98 Å². The van der Waals surface area contributed by atoms with Gasteiger partial charge in [-0.25, -0.2) is 4.98 Å². The van der Waals surface area contributed by atoms with E-state index in [2.05, 4.69) is 27.0 Å². The van der Waals surface area contributed by atoms with Gasteiger partial charge < -0.3 is 14.2 Å². The minimum absolute atomic E-state index is 0.0910. The molecule has 1 aliphatic rings. The average molecular weight is 452 g/mol. The number of hydrogen-bond acceptors (Lipinski definition) is 6. The van der Waals surface area contributed by atoms with Crippen LogP contribution in [0.1, 0.15) is 22.7 Å². The third-order valence-electron chi connectivity index (χ3n) is 5.10. The molecule has 0 bridgehead atoms. The van der Waals surface area contributed by atoms with Crippen molar-refractivity contribution < 1.29 is 14.2 Å². The number of methoxy groups -OCH3 is 2. The minimum Gasteiger partial charge on any atom is -0.493 e. The molecule has 4 rings (SSSR count). The monoisotopic (exact) mass is 451 g/mol. The maximum absolute atomic E-state index is 9.82. The molecule has 0 fully saturated rings. The third-order valence-corrected chi connectivity index (χ3v) is 5.69. The van der Waals surface area contributed by atoms with Gasteiger partial charge in [0.25, 0.3) is 0 Å². The summed E-state index contributed by atoms with van der Waals surface area (Å²) in [4.78, 5) is 4.62. The van der Waals surface area contributed by atoms with E-state index in [9.17, 15) is 5.26 Å². The fourth-order valence-electron chi connectivity index (χ4n) is 3.75. The van der Waals surface area contributed by atoms with Crippen LogP contribution in [-0.4, -0.2) is 25.1 Å². The van der Waals surface area contributed by atoms with Crippen molar-refractivity contribution in [3.8, 4) is 23.3 Å². The first kappa shape index (κ1) is 19.2. The van der Waals surface area contributed by atoms with Crippen LogP contribution in [0.2, 0.25) is 0 Å². The number of benzene rings is 2. The Kier molecular flexibility index (Phi) is 4.89. The van der Waals surface area contributed by atoms with E-state index in [1.807, 2.05) is 43.3 Å². The Morgan fingerprint density at radius 3 is 2.62 bits per heavy atom. The van der Waals surface area contributed by atoms with Crippen molar-refractivity contribution in [3.05, 3.63) is 57.7 Å². The van der Waals surface area contributed by atoms with E-state index >= 15 is 0 Å². The van der Waals surface area contributed by atoms with E-state index in [1.165, 1.54) is 0 Å². The van der Waals surface area contributed by atoms with Crippen LogP contribution in [0.15, 0.2) is 40.9 Å². The second kappa shape index (κ2) is 7.37. The molecule has 1 N–H and O–H groups in total. The van der Waals surface area contributed by atoms with Gasteiger partial charge in [0.2, 0.25) is 5.90 Å². The van der Waals surface area contributed by atoms with Gasteiger partial charge in [-0.2, -0.15) is 5.26 Å². The Morgan fingerprint density at radius 1 is 1.17 bits per heavy atom. The van der Waals surface area contributed by atoms with Crippen molar-refractivity contribution in [2.45, 2.75) is 12.8 Å². The number of pyridine rings is 1. The molecule has 29 heavy (non-hydrogen) atoms. The number of ether oxygens (including phenoxy) is 3. The highest BCUT2D eigenvalue weighted by Gasteiger charge is 2.38. The quantitative estimate of drug-likeness (QED) is 0.607. The van der Waals surface area contributed by atoms with Crippen LogP contribution in [0.25, 0.3) is 10.9 Å². The summed E-state index contributed by atoms with van der Waals surface area (Å²) >= 11 is 3.53. The lowest BCUT2D eigenvalue weighted by atomic mass is 9.78. The van der Waals surface area contributed by atoms with Gasteiger partial charge in [0, 0.05) is 22.6 Å². The Balaban J connectivity index is 2.00. The lowest BCUT2D eigenvalue weighted by Gasteiger charge is -2.31. The molecule has 0 saturated carbocycles. The number of aryl methyl sites for hydroxylation is 1.